The lowest BCUT2D eigenvalue weighted by atomic mass is 10.2. The van der Waals surface area contributed by atoms with Gasteiger partial charge >= 0.3 is 5.97 Å². The Morgan fingerprint density at radius 3 is 2.57 bits per heavy atom. The Labute approximate surface area is 120 Å². The van der Waals surface area contributed by atoms with Crippen molar-refractivity contribution in [2.45, 2.75) is 13.3 Å². The number of halogens is 1. The van der Waals surface area contributed by atoms with E-state index in [9.17, 15) is 9.18 Å². The maximum Gasteiger partial charge on any atom is 0.335 e. The summed E-state index contributed by atoms with van der Waals surface area (Å²) in [4.78, 5) is 15.5. The topological polar surface area (TPSA) is 55.1 Å². The monoisotopic (exact) mass is 284 g/mol. The highest BCUT2D eigenvalue weighted by Gasteiger charge is 2.13. The number of hydrogen-bond acceptors (Lipinski definition) is 2. The van der Waals surface area contributed by atoms with Gasteiger partial charge in [-0.1, -0.05) is 6.92 Å². The number of nitrogens with zero attached hydrogens (tertiary/aromatic N) is 2. The van der Waals surface area contributed by atoms with Gasteiger partial charge in [0, 0.05) is 12.1 Å². The van der Waals surface area contributed by atoms with Gasteiger partial charge in [-0.05, 0) is 42.5 Å². The molecule has 0 saturated carbocycles. The quantitative estimate of drug-likeness (QED) is 0.801. The minimum Gasteiger partial charge on any atom is -0.478 e. The number of benzene rings is 2. The number of hydrogen-bond donors (Lipinski definition) is 1. The Balaban J connectivity index is 2.25. The highest BCUT2D eigenvalue weighted by atomic mass is 19.1. The summed E-state index contributed by atoms with van der Waals surface area (Å²) in [6, 6.07) is 11.0. The van der Waals surface area contributed by atoms with E-state index in [1.54, 1.807) is 30.3 Å². The molecule has 0 atom stereocenters. The van der Waals surface area contributed by atoms with Crippen LogP contribution in [0.2, 0.25) is 0 Å². The van der Waals surface area contributed by atoms with Crippen LogP contribution in [0.3, 0.4) is 0 Å². The fraction of sp³-hybridized carbons (Fsp3) is 0.125. The van der Waals surface area contributed by atoms with Crippen LogP contribution in [-0.4, -0.2) is 20.6 Å². The van der Waals surface area contributed by atoms with Crippen LogP contribution in [0.5, 0.6) is 0 Å². The summed E-state index contributed by atoms with van der Waals surface area (Å²) in [5.74, 6) is -0.472. The van der Waals surface area contributed by atoms with Crippen LogP contribution in [0.4, 0.5) is 4.39 Å². The number of carbonyl (C=O) groups is 1. The largest absolute Gasteiger partial charge is 0.478 e. The molecule has 0 aliphatic carbocycles. The average molecular weight is 284 g/mol. The fourth-order valence-electron chi connectivity index (χ4n) is 2.38. The van der Waals surface area contributed by atoms with E-state index in [4.69, 9.17) is 5.11 Å². The van der Waals surface area contributed by atoms with Crippen molar-refractivity contribution in [3.63, 3.8) is 0 Å². The maximum atomic E-state index is 13.1. The molecule has 0 amide bonds. The van der Waals surface area contributed by atoms with Crippen LogP contribution in [0.15, 0.2) is 42.5 Å². The molecule has 3 aromatic rings. The van der Waals surface area contributed by atoms with E-state index in [2.05, 4.69) is 4.98 Å². The number of aromatic nitrogens is 2. The number of aromatic carboxylic acids is 1. The van der Waals surface area contributed by atoms with Crippen LogP contribution in [0.1, 0.15) is 23.1 Å². The third-order valence-corrected chi connectivity index (χ3v) is 3.37. The van der Waals surface area contributed by atoms with Crippen LogP contribution in [-0.2, 0) is 6.42 Å². The molecule has 1 heterocycles. The molecular formula is C16H13FN2O2. The third-order valence-electron chi connectivity index (χ3n) is 3.37. The lowest BCUT2D eigenvalue weighted by Crippen LogP contribution is -2.00. The van der Waals surface area contributed by atoms with Crippen LogP contribution in [0.25, 0.3) is 16.7 Å². The van der Waals surface area contributed by atoms with E-state index in [1.807, 2.05) is 11.5 Å². The van der Waals surface area contributed by atoms with E-state index in [-0.39, 0.29) is 11.4 Å². The van der Waals surface area contributed by atoms with E-state index in [0.717, 1.165) is 17.0 Å². The van der Waals surface area contributed by atoms with E-state index < -0.39 is 5.97 Å². The van der Waals surface area contributed by atoms with Crippen LogP contribution >= 0.6 is 0 Å². The molecule has 0 bridgehead atoms. The van der Waals surface area contributed by atoms with Crippen molar-refractivity contribution in [3.8, 4) is 5.69 Å². The van der Waals surface area contributed by atoms with Gasteiger partial charge in [0.1, 0.15) is 11.6 Å². The second-order valence-electron chi connectivity index (χ2n) is 4.70. The van der Waals surface area contributed by atoms with Crippen LogP contribution in [0, 0.1) is 5.82 Å². The Bertz CT molecular complexity index is 822. The zero-order valence-electron chi connectivity index (χ0n) is 11.4. The molecule has 3 rings (SSSR count). The number of fused-ring (bicyclic) bond motifs is 1. The molecule has 0 fully saturated rings. The summed E-state index contributed by atoms with van der Waals surface area (Å²) in [5.41, 5.74) is 2.44. The predicted octanol–water partition coefficient (Wildman–Crippen LogP) is 3.43. The van der Waals surface area contributed by atoms with Gasteiger partial charge in [-0.25, -0.2) is 14.2 Å². The molecule has 1 N–H and O–H groups in total. The van der Waals surface area contributed by atoms with Gasteiger partial charge in [0.25, 0.3) is 0 Å². The van der Waals surface area contributed by atoms with Crippen molar-refractivity contribution in [3.05, 3.63) is 59.7 Å². The van der Waals surface area contributed by atoms with Gasteiger partial charge in [0.05, 0.1) is 16.6 Å². The molecule has 5 heteroatoms. The lowest BCUT2D eigenvalue weighted by molar-refractivity contribution is 0.0697. The standard InChI is InChI=1S/C16H13FN2O2/c1-2-15-18-13-9-10(16(20)21)3-8-14(13)19(15)12-6-4-11(17)5-7-12/h3-9H,2H2,1H3,(H,20,21). The molecule has 106 valence electrons. The maximum absolute atomic E-state index is 13.1. The first kappa shape index (κ1) is 13.3. The lowest BCUT2D eigenvalue weighted by Gasteiger charge is -2.08. The molecule has 2 aromatic carbocycles. The molecule has 0 saturated heterocycles. The summed E-state index contributed by atoms with van der Waals surface area (Å²) in [7, 11) is 0. The van der Waals surface area contributed by atoms with Gasteiger partial charge in [-0.3, -0.25) is 4.57 Å². The Hall–Kier alpha value is -2.69. The Morgan fingerprint density at radius 2 is 1.95 bits per heavy atom. The second kappa shape index (κ2) is 5.01. The molecular weight excluding hydrogens is 271 g/mol. The molecule has 0 aliphatic heterocycles. The Morgan fingerprint density at radius 1 is 1.24 bits per heavy atom. The van der Waals surface area contributed by atoms with Gasteiger partial charge in [0.2, 0.25) is 0 Å². The molecule has 0 radical (unpaired) electrons. The second-order valence-corrected chi connectivity index (χ2v) is 4.70. The minimum atomic E-state index is -0.980. The number of imidazole rings is 1. The smallest absolute Gasteiger partial charge is 0.335 e. The first-order valence-electron chi connectivity index (χ1n) is 6.60. The first-order valence-corrected chi connectivity index (χ1v) is 6.60. The number of carboxylic acid groups (broad SMARTS) is 1. The van der Waals surface area contributed by atoms with Gasteiger partial charge in [-0.15, -0.1) is 0 Å². The van der Waals surface area contributed by atoms with Gasteiger partial charge in [-0.2, -0.15) is 0 Å². The van der Waals surface area contributed by atoms with Gasteiger partial charge < -0.3 is 5.11 Å². The summed E-state index contributed by atoms with van der Waals surface area (Å²) in [6.07, 6.45) is 0.689. The number of rotatable bonds is 3. The van der Waals surface area contributed by atoms with Gasteiger partial charge in [0.15, 0.2) is 0 Å². The van der Waals surface area contributed by atoms with Crippen molar-refractivity contribution in [2.75, 3.05) is 0 Å². The fourth-order valence-corrected chi connectivity index (χ4v) is 2.38. The summed E-state index contributed by atoms with van der Waals surface area (Å²) < 4.78 is 15.0. The molecule has 21 heavy (non-hydrogen) atoms. The highest BCUT2D eigenvalue weighted by Crippen LogP contribution is 2.23. The van der Waals surface area contributed by atoms with Crippen molar-refractivity contribution in [2.24, 2.45) is 0 Å². The molecule has 4 nitrogen and oxygen atoms in total. The van der Waals surface area contributed by atoms with Crippen molar-refractivity contribution in [1.82, 2.24) is 9.55 Å². The SMILES string of the molecule is CCc1nc2cc(C(=O)O)ccc2n1-c1ccc(F)cc1. The van der Waals surface area contributed by atoms with Crippen molar-refractivity contribution < 1.29 is 14.3 Å². The highest BCUT2D eigenvalue weighted by molar-refractivity contribution is 5.92. The summed E-state index contributed by atoms with van der Waals surface area (Å²) in [6.45, 7) is 1.97. The first-order chi connectivity index (χ1) is 10.1. The van der Waals surface area contributed by atoms with Crippen molar-refractivity contribution in [1.29, 1.82) is 0 Å². The number of aryl methyl sites for hydroxylation is 1. The molecule has 0 unspecified atom stereocenters. The predicted molar refractivity (Wildman–Crippen MR) is 77.4 cm³/mol. The van der Waals surface area contributed by atoms with Crippen LogP contribution < -0.4 is 0 Å². The van der Waals surface area contributed by atoms with E-state index in [0.29, 0.717) is 11.9 Å². The molecule has 1 aromatic heterocycles. The Kier molecular flexibility index (Phi) is 3.17. The third kappa shape index (κ3) is 2.27. The zero-order valence-corrected chi connectivity index (χ0v) is 11.4. The average Bonchev–Trinajstić information content (AvgIpc) is 2.85. The summed E-state index contributed by atoms with van der Waals surface area (Å²) >= 11 is 0. The van der Waals surface area contributed by atoms with E-state index >= 15 is 0 Å². The molecule has 0 spiro atoms. The number of carboxylic acids is 1. The van der Waals surface area contributed by atoms with E-state index in [1.165, 1.54) is 12.1 Å². The van der Waals surface area contributed by atoms with Crippen molar-refractivity contribution >= 4 is 17.0 Å². The summed E-state index contributed by atoms with van der Waals surface area (Å²) in [5, 5.41) is 9.05. The zero-order chi connectivity index (χ0) is 15.0. The molecule has 0 aliphatic rings. The minimum absolute atomic E-state index is 0.203. The normalized spacial score (nSPS) is 11.0.